The molecule has 3 heteroatoms. The molecule has 0 radical (unpaired) electrons. The van der Waals surface area contributed by atoms with E-state index in [-0.39, 0.29) is 5.78 Å². The van der Waals surface area contributed by atoms with Crippen LogP contribution in [0.4, 0.5) is 5.82 Å². The van der Waals surface area contributed by atoms with Crippen molar-refractivity contribution in [1.82, 2.24) is 4.98 Å². The molecule has 0 saturated heterocycles. The predicted octanol–water partition coefficient (Wildman–Crippen LogP) is 4.70. The number of carbonyl (C=O) groups is 1. The number of hydrogen-bond acceptors (Lipinski definition) is 3. The number of fused-ring (bicyclic) bond motifs is 1. The molecule has 0 fully saturated rings. The summed E-state index contributed by atoms with van der Waals surface area (Å²) < 4.78 is 0. The van der Waals surface area contributed by atoms with E-state index in [0.717, 1.165) is 41.7 Å². The van der Waals surface area contributed by atoms with Crippen molar-refractivity contribution in [2.75, 3.05) is 11.9 Å². The monoisotopic (exact) mass is 304 g/mol. The Labute approximate surface area is 136 Å². The summed E-state index contributed by atoms with van der Waals surface area (Å²) in [5.41, 5.74) is 1.80. The number of ketones is 1. The standard InChI is InChI=1S/C20H20N2O/c23-19(17-9-2-1-3-10-17)12-6-7-15-21-20-14-13-16-8-4-5-11-18(16)22-20/h1-5,8-11,13-14H,6-7,12,15H2,(H,21,22). The Kier molecular flexibility index (Phi) is 4.99. The van der Waals surface area contributed by atoms with Crippen LogP contribution in [0.2, 0.25) is 0 Å². The molecule has 3 aromatic rings. The van der Waals surface area contributed by atoms with E-state index in [4.69, 9.17) is 0 Å². The number of anilines is 1. The first-order chi connectivity index (χ1) is 11.3. The van der Waals surface area contributed by atoms with Gasteiger partial charge in [-0.2, -0.15) is 0 Å². The van der Waals surface area contributed by atoms with Crippen LogP contribution in [0.3, 0.4) is 0 Å². The van der Waals surface area contributed by atoms with Gasteiger partial charge in [0.05, 0.1) is 5.52 Å². The van der Waals surface area contributed by atoms with Gasteiger partial charge in [0.2, 0.25) is 0 Å². The summed E-state index contributed by atoms with van der Waals surface area (Å²) in [5, 5.41) is 4.47. The van der Waals surface area contributed by atoms with Gasteiger partial charge >= 0.3 is 0 Å². The number of Topliss-reactive ketones (excluding diaryl/α,β-unsaturated/α-hetero) is 1. The molecule has 3 rings (SSSR count). The normalized spacial score (nSPS) is 10.6. The fourth-order valence-electron chi connectivity index (χ4n) is 2.56. The number of nitrogens with zero attached hydrogens (tertiary/aromatic N) is 1. The van der Waals surface area contributed by atoms with Crippen molar-refractivity contribution in [3.8, 4) is 0 Å². The lowest BCUT2D eigenvalue weighted by Gasteiger charge is -2.06. The van der Waals surface area contributed by atoms with Crippen LogP contribution < -0.4 is 5.32 Å². The third-order valence-electron chi connectivity index (χ3n) is 3.83. The molecule has 2 aromatic carbocycles. The molecule has 1 heterocycles. The molecule has 0 aliphatic heterocycles. The van der Waals surface area contributed by atoms with Gasteiger partial charge in [-0.05, 0) is 31.0 Å². The topological polar surface area (TPSA) is 42.0 Å². The van der Waals surface area contributed by atoms with Crippen molar-refractivity contribution in [1.29, 1.82) is 0 Å². The van der Waals surface area contributed by atoms with Crippen LogP contribution in [0.1, 0.15) is 29.6 Å². The average Bonchev–Trinajstić information content (AvgIpc) is 2.62. The van der Waals surface area contributed by atoms with Crippen molar-refractivity contribution < 1.29 is 4.79 Å². The highest BCUT2D eigenvalue weighted by molar-refractivity contribution is 5.95. The molecule has 0 aliphatic carbocycles. The number of hydrogen-bond donors (Lipinski definition) is 1. The number of benzene rings is 2. The van der Waals surface area contributed by atoms with Crippen molar-refractivity contribution in [3.63, 3.8) is 0 Å². The molecule has 0 bridgehead atoms. The molecular weight excluding hydrogens is 284 g/mol. The number of nitrogens with one attached hydrogen (secondary N) is 1. The predicted molar refractivity (Wildman–Crippen MR) is 94.9 cm³/mol. The van der Waals surface area contributed by atoms with Crippen LogP contribution in [0, 0.1) is 0 Å². The molecule has 3 nitrogen and oxygen atoms in total. The number of para-hydroxylation sites is 1. The molecule has 0 unspecified atom stereocenters. The van der Waals surface area contributed by atoms with Crippen LogP contribution in [0.15, 0.2) is 66.7 Å². The Morgan fingerprint density at radius 2 is 1.65 bits per heavy atom. The summed E-state index contributed by atoms with van der Waals surface area (Å²) in [6, 6.07) is 21.6. The maximum Gasteiger partial charge on any atom is 0.162 e. The van der Waals surface area contributed by atoms with Crippen molar-refractivity contribution in [2.45, 2.75) is 19.3 Å². The van der Waals surface area contributed by atoms with Crippen LogP contribution in [-0.2, 0) is 0 Å². The van der Waals surface area contributed by atoms with Crippen LogP contribution in [-0.4, -0.2) is 17.3 Å². The van der Waals surface area contributed by atoms with Gasteiger partial charge in [0.15, 0.2) is 5.78 Å². The first-order valence-electron chi connectivity index (χ1n) is 8.01. The van der Waals surface area contributed by atoms with E-state index in [1.165, 1.54) is 0 Å². The first kappa shape index (κ1) is 15.2. The average molecular weight is 304 g/mol. The first-order valence-corrected chi connectivity index (χ1v) is 8.01. The van der Waals surface area contributed by atoms with Crippen molar-refractivity contribution in [3.05, 3.63) is 72.3 Å². The zero-order valence-electron chi connectivity index (χ0n) is 13.0. The zero-order valence-corrected chi connectivity index (χ0v) is 13.0. The Morgan fingerprint density at radius 3 is 2.52 bits per heavy atom. The fourth-order valence-corrected chi connectivity index (χ4v) is 2.56. The molecule has 0 spiro atoms. The van der Waals surface area contributed by atoms with E-state index in [0.29, 0.717) is 6.42 Å². The lowest BCUT2D eigenvalue weighted by atomic mass is 10.1. The maximum atomic E-state index is 12.0. The molecule has 0 atom stereocenters. The Bertz CT molecular complexity index is 784. The Morgan fingerprint density at radius 1 is 0.870 bits per heavy atom. The van der Waals surface area contributed by atoms with Gasteiger partial charge in [0, 0.05) is 23.9 Å². The van der Waals surface area contributed by atoms with Crippen LogP contribution >= 0.6 is 0 Å². The van der Waals surface area contributed by atoms with Crippen molar-refractivity contribution >= 4 is 22.5 Å². The number of carbonyl (C=O) groups excluding carboxylic acids is 1. The summed E-state index contributed by atoms with van der Waals surface area (Å²) in [6.45, 7) is 0.827. The molecule has 0 saturated carbocycles. The third kappa shape index (κ3) is 4.16. The minimum atomic E-state index is 0.217. The second kappa shape index (κ2) is 7.54. The number of pyridine rings is 1. The summed E-state index contributed by atoms with van der Waals surface area (Å²) in [7, 11) is 0. The zero-order chi connectivity index (χ0) is 15.9. The highest BCUT2D eigenvalue weighted by atomic mass is 16.1. The number of rotatable bonds is 7. The van der Waals surface area contributed by atoms with E-state index >= 15 is 0 Å². The molecule has 23 heavy (non-hydrogen) atoms. The summed E-state index contributed by atoms with van der Waals surface area (Å²) in [5.74, 6) is 1.10. The van der Waals surface area contributed by atoms with E-state index in [9.17, 15) is 4.79 Å². The molecular formula is C20H20N2O. The highest BCUT2D eigenvalue weighted by Crippen LogP contribution is 2.14. The maximum absolute atomic E-state index is 12.0. The van der Waals surface area contributed by atoms with E-state index in [1.54, 1.807) is 0 Å². The SMILES string of the molecule is O=C(CCCCNc1ccc2ccccc2n1)c1ccccc1. The van der Waals surface area contributed by atoms with Gasteiger partial charge in [-0.25, -0.2) is 4.98 Å². The third-order valence-corrected chi connectivity index (χ3v) is 3.83. The smallest absolute Gasteiger partial charge is 0.162 e. The summed E-state index contributed by atoms with van der Waals surface area (Å²) in [4.78, 5) is 16.6. The molecule has 1 N–H and O–H groups in total. The van der Waals surface area contributed by atoms with E-state index in [1.807, 2.05) is 54.6 Å². The van der Waals surface area contributed by atoms with Crippen LogP contribution in [0.25, 0.3) is 10.9 Å². The molecule has 1 aromatic heterocycles. The second-order valence-corrected chi connectivity index (χ2v) is 5.56. The highest BCUT2D eigenvalue weighted by Gasteiger charge is 2.04. The summed E-state index contributed by atoms with van der Waals surface area (Å²) >= 11 is 0. The van der Waals surface area contributed by atoms with Crippen LogP contribution in [0.5, 0.6) is 0 Å². The minimum absolute atomic E-state index is 0.217. The Hall–Kier alpha value is -2.68. The van der Waals surface area contributed by atoms with Gasteiger partial charge in [-0.15, -0.1) is 0 Å². The summed E-state index contributed by atoms with van der Waals surface area (Å²) in [6.07, 6.45) is 2.43. The number of aromatic nitrogens is 1. The number of unbranched alkanes of at least 4 members (excludes halogenated alkanes) is 1. The molecule has 0 amide bonds. The van der Waals surface area contributed by atoms with Gasteiger partial charge in [-0.3, -0.25) is 4.79 Å². The molecule has 116 valence electrons. The van der Waals surface area contributed by atoms with Gasteiger partial charge in [0.25, 0.3) is 0 Å². The quantitative estimate of drug-likeness (QED) is 0.508. The Balaban J connectivity index is 1.43. The van der Waals surface area contributed by atoms with Gasteiger partial charge in [0.1, 0.15) is 5.82 Å². The van der Waals surface area contributed by atoms with Gasteiger partial charge < -0.3 is 5.32 Å². The molecule has 0 aliphatic rings. The van der Waals surface area contributed by atoms with Crippen molar-refractivity contribution in [2.24, 2.45) is 0 Å². The lowest BCUT2D eigenvalue weighted by molar-refractivity contribution is 0.0979. The minimum Gasteiger partial charge on any atom is -0.370 e. The van der Waals surface area contributed by atoms with E-state index < -0.39 is 0 Å². The van der Waals surface area contributed by atoms with E-state index in [2.05, 4.69) is 22.4 Å². The van der Waals surface area contributed by atoms with Gasteiger partial charge in [-0.1, -0.05) is 48.5 Å². The second-order valence-electron chi connectivity index (χ2n) is 5.56. The lowest BCUT2D eigenvalue weighted by Crippen LogP contribution is -2.05. The fraction of sp³-hybridized carbons (Fsp3) is 0.200. The largest absolute Gasteiger partial charge is 0.370 e.